The zero-order valence-electron chi connectivity index (χ0n) is 19.9. The van der Waals surface area contributed by atoms with Crippen molar-refractivity contribution in [1.29, 1.82) is 0 Å². The van der Waals surface area contributed by atoms with Crippen LogP contribution in [0.25, 0.3) is 22.4 Å². The van der Waals surface area contributed by atoms with Crippen molar-refractivity contribution in [3.05, 3.63) is 71.4 Å². The second-order valence-electron chi connectivity index (χ2n) is 9.19. The number of amides is 1. The van der Waals surface area contributed by atoms with E-state index in [-0.39, 0.29) is 11.9 Å². The lowest BCUT2D eigenvalue weighted by Gasteiger charge is -2.32. The summed E-state index contributed by atoms with van der Waals surface area (Å²) in [5, 5.41) is 6.37. The number of fused-ring (bicyclic) bond motifs is 1. The molecule has 2 aliphatic rings. The van der Waals surface area contributed by atoms with Crippen LogP contribution in [-0.4, -0.2) is 69.9 Å². The van der Waals surface area contributed by atoms with Crippen molar-refractivity contribution in [1.82, 2.24) is 24.6 Å². The fourth-order valence-corrected chi connectivity index (χ4v) is 5.13. The number of morpholine rings is 1. The Morgan fingerprint density at radius 2 is 1.64 bits per heavy atom. The molecule has 2 aromatic heterocycles. The first-order valence-corrected chi connectivity index (χ1v) is 12.7. The highest BCUT2D eigenvalue weighted by Gasteiger charge is 2.28. The summed E-state index contributed by atoms with van der Waals surface area (Å²) in [4.78, 5) is 27.1. The van der Waals surface area contributed by atoms with Gasteiger partial charge in [-0.05, 0) is 37.1 Å². The van der Waals surface area contributed by atoms with Crippen LogP contribution in [0.2, 0.25) is 5.02 Å². The first kappa shape index (κ1) is 22.9. The summed E-state index contributed by atoms with van der Waals surface area (Å²) in [5.41, 5.74) is 2.48. The van der Waals surface area contributed by atoms with Crippen molar-refractivity contribution in [2.45, 2.75) is 18.9 Å². The molecule has 2 saturated heterocycles. The molecule has 0 atom stereocenters. The Morgan fingerprint density at radius 3 is 2.36 bits per heavy atom. The van der Waals surface area contributed by atoms with Crippen molar-refractivity contribution in [3.63, 3.8) is 0 Å². The number of hydrogen-bond donors (Lipinski definition) is 0. The fourth-order valence-electron chi connectivity index (χ4n) is 5.00. The molecule has 9 heteroatoms. The molecule has 0 bridgehead atoms. The first-order chi connectivity index (χ1) is 17.7. The third-order valence-corrected chi connectivity index (χ3v) is 7.22. The van der Waals surface area contributed by atoms with Crippen molar-refractivity contribution in [3.8, 4) is 11.4 Å². The van der Waals surface area contributed by atoms with Gasteiger partial charge < -0.3 is 14.5 Å². The SMILES string of the molecule is O=C(c1ccc(Cl)cc1)N1CCC(n2ncc3c(N4CCOCC4)nc(-c4ccccc4)nc32)CC1. The molecular weight excluding hydrogens is 476 g/mol. The van der Waals surface area contributed by atoms with Crippen molar-refractivity contribution >= 4 is 34.4 Å². The summed E-state index contributed by atoms with van der Waals surface area (Å²) < 4.78 is 7.61. The van der Waals surface area contributed by atoms with Crippen LogP contribution in [0.15, 0.2) is 60.8 Å². The number of benzene rings is 2. The maximum atomic E-state index is 13.0. The molecule has 4 heterocycles. The van der Waals surface area contributed by atoms with Gasteiger partial charge in [0.05, 0.1) is 30.8 Å². The largest absolute Gasteiger partial charge is 0.378 e. The highest BCUT2D eigenvalue weighted by Crippen LogP contribution is 2.32. The lowest BCUT2D eigenvalue weighted by atomic mass is 10.0. The molecule has 6 rings (SSSR count). The van der Waals surface area contributed by atoms with Crippen molar-refractivity contribution in [2.75, 3.05) is 44.3 Å². The van der Waals surface area contributed by atoms with Gasteiger partial charge in [0.15, 0.2) is 11.5 Å². The summed E-state index contributed by atoms with van der Waals surface area (Å²) in [6.45, 7) is 4.27. The molecule has 2 fully saturated rings. The number of hydrogen-bond acceptors (Lipinski definition) is 6. The Hall–Kier alpha value is -3.49. The number of anilines is 1. The van der Waals surface area contributed by atoms with Crippen LogP contribution in [-0.2, 0) is 4.74 Å². The Balaban J connectivity index is 1.30. The van der Waals surface area contributed by atoms with Gasteiger partial charge >= 0.3 is 0 Å². The molecule has 0 N–H and O–H groups in total. The Kier molecular flexibility index (Phi) is 6.29. The van der Waals surface area contributed by atoms with Gasteiger partial charge in [-0.15, -0.1) is 0 Å². The second-order valence-corrected chi connectivity index (χ2v) is 9.63. The monoisotopic (exact) mass is 502 g/mol. The van der Waals surface area contributed by atoms with E-state index in [1.807, 2.05) is 46.1 Å². The Bertz CT molecular complexity index is 1360. The summed E-state index contributed by atoms with van der Waals surface area (Å²) >= 11 is 5.98. The topological polar surface area (TPSA) is 76.4 Å². The summed E-state index contributed by atoms with van der Waals surface area (Å²) in [6.07, 6.45) is 3.52. The van der Waals surface area contributed by atoms with Gasteiger partial charge in [0.2, 0.25) is 0 Å². The van der Waals surface area contributed by atoms with Gasteiger partial charge in [-0.1, -0.05) is 41.9 Å². The number of aromatic nitrogens is 4. The number of likely N-dealkylation sites (tertiary alicyclic amines) is 1. The molecule has 2 aromatic carbocycles. The van der Waals surface area contributed by atoms with E-state index in [1.165, 1.54) is 0 Å². The summed E-state index contributed by atoms with van der Waals surface area (Å²) in [5.74, 6) is 1.64. The minimum Gasteiger partial charge on any atom is -0.378 e. The molecule has 0 unspecified atom stereocenters. The van der Waals surface area contributed by atoms with E-state index in [9.17, 15) is 4.79 Å². The van der Waals surface area contributed by atoms with Gasteiger partial charge in [-0.3, -0.25) is 4.79 Å². The van der Waals surface area contributed by atoms with Crippen LogP contribution in [0.1, 0.15) is 29.2 Å². The molecule has 0 saturated carbocycles. The van der Waals surface area contributed by atoms with Crippen LogP contribution >= 0.6 is 11.6 Å². The van der Waals surface area contributed by atoms with E-state index in [4.69, 9.17) is 31.4 Å². The van der Waals surface area contributed by atoms with Crippen LogP contribution in [0.4, 0.5) is 5.82 Å². The zero-order valence-corrected chi connectivity index (χ0v) is 20.6. The first-order valence-electron chi connectivity index (χ1n) is 12.4. The van der Waals surface area contributed by atoms with E-state index in [0.717, 1.165) is 48.3 Å². The lowest BCUT2D eigenvalue weighted by molar-refractivity contribution is 0.0691. The molecule has 184 valence electrons. The number of ether oxygens (including phenoxy) is 1. The van der Waals surface area contributed by atoms with Gasteiger partial charge in [0, 0.05) is 42.3 Å². The van der Waals surface area contributed by atoms with Crippen LogP contribution in [0, 0.1) is 0 Å². The summed E-state index contributed by atoms with van der Waals surface area (Å²) in [6, 6.07) is 17.3. The number of nitrogens with zero attached hydrogens (tertiary/aromatic N) is 6. The van der Waals surface area contributed by atoms with E-state index < -0.39 is 0 Å². The lowest BCUT2D eigenvalue weighted by Crippen LogP contribution is -2.39. The third-order valence-electron chi connectivity index (χ3n) is 6.97. The molecule has 0 aliphatic carbocycles. The van der Waals surface area contributed by atoms with E-state index in [1.54, 1.807) is 24.3 Å². The normalized spacial score (nSPS) is 17.0. The Labute approximate surface area is 214 Å². The molecule has 0 radical (unpaired) electrons. The predicted octanol–water partition coefficient (Wildman–Crippen LogP) is 4.46. The molecule has 36 heavy (non-hydrogen) atoms. The zero-order chi connectivity index (χ0) is 24.5. The maximum absolute atomic E-state index is 13.0. The quantitative estimate of drug-likeness (QED) is 0.410. The minimum absolute atomic E-state index is 0.0405. The van der Waals surface area contributed by atoms with Gasteiger partial charge in [-0.2, -0.15) is 5.10 Å². The highest BCUT2D eigenvalue weighted by atomic mass is 35.5. The minimum atomic E-state index is 0.0405. The van der Waals surface area contributed by atoms with Gasteiger partial charge in [-0.25, -0.2) is 14.6 Å². The average Bonchev–Trinajstić information content (AvgIpc) is 3.38. The number of halogens is 1. The number of piperidine rings is 1. The molecule has 4 aromatic rings. The van der Waals surface area contributed by atoms with Crippen molar-refractivity contribution in [2.24, 2.45) is 0 Å². The standard InChI is InChI=1S/C27H27ClN6O2/c28-21-8-6-20(7-9-21)27(35)33-12-10-22(11-13-33)34-26-23(18-29-34)25(32-14-16-36-17-15-32)30-24(31-26)19-4-2-1-3-5-19/h1-9,18,22H,10-17H2. The predicted molar refractivity (Wildman–Crippen MR) is 139 cm³/mol. The van der Waals surface area contributed by atoms with E-state index >= 15 is 0 Å². The molecule has 0 spiro atoms. The van der Waals surface area contributed by atoms with Crippen LogP contribution < -0.4 is 4.90 Å². The number of carbonyl (C=O) groups excluding carboxylic acids is 1. The Morgan fingerprint density at radius 1 is 0.917 bits per heavy atom. The highest BCUT2D eigenvalue weighted by molar-refractivity contribution is 6.30. The van der Waals surface area contributed by atoms with Gasteiger partial charge in [0.25, 0.3) is 5.91 Å². The third kappa shape index (κ3) is 4.42. The van der Waals surface area contributed by atoms with E-state index in [0.29, 0.717) is 42.7 Å². The van der Waals surface area contributed by atoms with Gasteiger partial charge in [0.1, 0.15) is 5.82 Å². The fraction of sp³-hybridized carbons (Fsp3) is 0.333. The van der Waals surface area contributed by atoms with Crippen LogP contribution in [0.3, 0.4) is 0 Å². The number of carbonyl (C=O) groups is 1. The van der Waals surface area contributed by atoms with E-state index in [2.05, 4.69) is 4.90 Å². The van der Waals surface area contributed by atoms with Crippen LogP contribution in [0.5, 0.6) is 0 Å². The molecule has 1 amide bonds. The maximum Gasteiger partial charge on any atom is 0.253 e. The molecular formula is C27H27ClN6O2. The average molecular weight is 503 g/mol. The summed E-state index contributed by atoms with van der Waals surface area (Å²) in [7, 11) is 0. The number of rotatable bonds is 4. The molecule has 2 aliphatic heterocycles. The van der Waals surface area contributed by atoms with Crippen molar-refractivity contribution < 1.29 is 9.53 Å². The smallest absolute Gasteiger partial charge is 0.253 e. The second kappa shape index (κ2) is 9.87. The molecule has 8 nitrogen and oxygen atoms in total.